The summed E-state index contributed by atoms with van der Waals surface area (Å²) in [6.07, 6.45) is 7.42. The van der Waals surface area contributed by atoms with Gasteiger partial charge in [0.2, 0.25) is 5.91 Å². The third kappa shape index (κ3) is 2.35. The van der Waals surface area contributed by atoms with E-state index >= 15 is 0 Å². The zero-order valence-corrected chi connectivity index (χ0v) is 11.1. The molecule has 2 aliphatic rings. The minimum Gasteiger partial charge on any atom is -0.396 e. The first kappa shape index (κ1) is 12.9. The molecule has 0 bridgehead atoms. The van der Waals surface area contributed by atoms with Crippen LogP contribution in [0.25, 0.3) is 0 Å². The molecule has 1 aliphatic heterocycles. The van der Waals surface area contributed by atoms with Gasteiger partial charge in [-0.1, -0.05) is 39.5 Å². The lowest BCUT2D eigenvalue weighted by Crippen LogP contribution is -2.39. The fourth-order valence-electron chi connectivity index (χ4n) is 3.26. The molecule has 98 valence electrons. The molecule has 0 unspecified atom stereocenters. The van der Waals surface area contributed by atoms with Gasteiger partial charge < -0.3 is 10.0 Å². The average Bonchev–Trinajstić information content (AvgIpc) is 2.54. The molecule has 3 heteroatoms. The molecule has 1 N–H and O–H groups in total. The van der Waals surface area contributed by atoms with Gasteiger partial charge in [0.25, 0.3) is 0 Å². The van der Waals surface area contributed by atoms with Crippen LogP contribution in [0.1, 0.15) is 52.4 Å². The van der Waals surface area contributed by atoms with Crippen LogP contribution in [0.3, 0.4) is 0 Å². The first-order valence-electron chi connectivity index (χ1n) is 6.99. The highest BCUT2D eigenvalue weighted by atomic mass is 16.3. The molecule has 0 radical (unpaired) electrons. The van der Waals surface area contributed by atoms with Crippen molar-refractivity contribution in [3.05, 3.63) is 0 Å². The molecule has 0 aromatic heterocycles. The molecule has 0 aromatic rings. The van der Waals surface area contributed by atoms with Crippen LogP contribution in [0.15, 0.2) is 0 Å². The highest BCUT2D eigenvalue weighted by molar-refractivity contribution is 5.85. The normalized spacial score (nSPS) is 30.6. The van der Waals surface area contributed by atoms with Gasteiger partial charge in [0, 0.05) is 25.1 Å². The summed E-state index contributed by atoms with van der Waals surface area (Å²) in [4.78, 5) is 14.5. The summed E-state index contributed by atoms with van der Waals surface area (Å²) < 4.78 is 0. The molecule has 3 nitrogen and oxygen atoms in total. The number of nitrogens with zero attached hydrogens (tertiary/aromatic N) is 1. The molecular weight excluding hydrogens is 214 g/mol. The first-order valence-corrected chi connectivity index (χ1v) is 6.99. The van der Waals surface area contributed by atoms with Crippen molar-refractivity contribution in [2.45, 2.75) is 58.4 Å². The van der Waals surface area contributed by atoms with E-state index < -0.39 is 0 Å². The number of aliphatic hydroxyl groups excluding tert-OH is 1. The van der Waals surface area contributed by atoms with Gasteiger partial charge in [-0.2, -0.15) is 0 Å². The van der Waals surface area contributed by atoms with Gasteiger partial charge in [-0.15, -0.1) is 0 Å². The van der Waals surface area contributed by atoms with Gasteiger partial charge in [0.1, 0.15) is 0 Å². The second-order valence-electron chi connectivity index (χ2n) is 6.20. The third-order valence-corrected chi connectivity index (χ3v) is 4.74. The minimum atomic E-state index is -0.374. The van der Waals surface area contributed by atoms with E-state index in [0.717, 1.165) is 19.4 Å². The Morgan fingerprint density at radius 2 is 1.82 bits per heavy atom. The zero-order chi connectivity index (χ0) is 12.5. The lowest BCUT2D eigenvalue weighted by molar-refractivity contribution is -0.137. The van der Waals surface area contributed by atoms with Gasteiger partial charge in [-0.25, -0.2) is 0 Å². The Labute approximate surface area is 104 Å². The van der Waals surface area contributed by atoms with E-state index in [0.29, 0.717) is 6.04 Å². The van der Waals surface area contributed by atoms with Crippen LogP contribution in [-0.2, 0) is 4.79 Å². The van der Waals surface area contributed by atoms with Crippen molar-refractivity contribution in [3.8, 4) is 0 Å². The smallest absolute Gasteiger partial charge is 0.228 e. The Kier molecular flexibility index (Phi) is 3.76. The van der Waals surface area contributed by atoms with E-state index in [9.17, 15) is 9.90 Å². The Hall–Kier alpha value is -0.570. The van der Waals surface area contributed by atoms with E-state index in [-0.39, 0.29) is 23.8 Å². The van der Waals surface area contributed by atoms with Gasteiger partial charge in [-0.3, -0.25) is 4.79 Å². The first-order chi connectivity index (χ1) is 8.07. The molecule has 1 atom stereocenters. The molecule has 1 heterocycles. The molecule has 1 saturated heterocycles. The van der Waals surface area contributed by atoms with Crippen molar-refractivity contribution >= 4 is 5.91 Å². The average molecular weight is 239 g/mol. The predicted octanol–water partition coefficient (Wildman–Crippen LogP) is 2.19. The molecule has 1 saturated carbocycles. The van der Waals surface area contributed by atoms with Gasteiger partial charge in [0.15, 0.2) is 0 Å². The molecule has 17 heavy (non-hydrogen) atoms. The van der Waals surface area contributed by atoms with Crippen LogP contribution >= 0.6 is 0 Å². The summed E-state index contributed by atoms with van der Waals surface area (Å²) in [6.45, 7) is 4.84. The second kappa shape index (κ2) is 4.97. The van der Waals surface area contributed by atoms with E-state index in [1.165, 1.54) is 25.7 Å². The molecule has 2 rings (SSSR count). The Bertz CT molecular complexity index is 280. The van der Waals surface area contributed by atoms with Crippen LogP contribution in [0, 0.1) is 11.3 Å². The fraction of sp³-hybridized carbons (Fsp3) is 0.929. The van der Waals surface area contributed by atoms with Crippen molar-refractivity contribution in [2.75, 3.05) is 13.2 Å². The molecule has 0 aromatic carbocycles. The second-order valence-corrected chi connectivity index (χ2v) is 6.20. The van der Waals surface area contributed by atoms with E-state index in [4.69, 9.17) is 0 Å². The molecule has 1 aliphatic carbocycles. The number of aliphatic hydroxyl groups is 1. The maximum atomic E-state index is 12.4. The summed E-state index contributed by atoms with van der Waals surface area (Å²) in [5.41, 5.74) is -0.374. The van der Waals surface area contributed by atoms with Gasteiger partial charge >= 0.3 is 0 Å². The number of hydrogen-bond acceptors (Lipinski definition) is 2. The number of amides is 1. The van der Waals surface area contributed by atoms with E-state index in [2.05, 4.69) is 4.90 Å². The Morgan fingerprint density at radius 3 is 2.29 bits per heavy atom. The van der Waals surface area contributed by atoms with Crippen LogP contribution in [-0.4, -0.2) is 35.1 Å². The fourth-order valence-corrected chi connectivity index (χ4v) is 3.26. The van der Waals surface area contributed by atoms with Crippen molar-refractivity contribution in [2.24, 2.45) is 11.3 Å². The number of hydrogen-bond donors (Lipinski definition) is 1. The topological polar surface area (TPSA) is 40.5 Å². The third-order valence-electron chi connectivity index (χ3n) is 4.74. The summed E-state index contributed by atoms with van der Waals surface area (Å²) in [5, 5.41) is 9.41. The maximum absolute atomic E-state index is 12.4. The van der Waals surface area contributed by atoms with Crippen molar-refractivity contribution in [1.82, 2.24) is 4.90 Å². The molecule has 0 spiro atoms. The summed E-state index contributed by atoms with van der Waals surface area (Å²) >= 11 is 0. The summed E-state index contributed by atoms with van der Waals surface area (Å²) in [6, 6.07) is 0.431. The lowest BCUT2D eigenvalue weighted by atomic mass is 9.82. The maximum Gasteiger partial charge on any atom is 0.228 e. The predicted molar refractivity (Wildman–Crippen MR) is 67.6 cm³/mol. The number of likely N-dealkylation sites (tertiary alicyclic amines) is 1. The van der Waals surface area contributed by atoms with Gasteiger partial charge in [0.05, 0.1) is 5.41 Å². The SMILES string of the molecule is CC1(C)C(=O)N(C2CCCCCC2)C[C@H]1CO. The Morgan fingerprint density at radius 1 is 1.24 bits per heavy atom. The highest BCUT2D eigenvalue weighted by Gasteiger charge is 2.48. The quantitative estimate of drug-likeness (QED) is 0.750. The summed E-state index contributed by atoms with van der Waals surface area (Å²) in [7, 11) is 0. The monoisotopic (exact) mass is 239 g/mol. The van der Waals surface area contributed by atoms with Crippen molar-refractivity contribution in [3.63, 3.8) is 0 Å². The molecule has 1 amide bonds. The van der Waals surface area contributed by atoms with Crippen LogP contribution in [0.2, 0.25) is 0 Å². The number of carbonyl (C=O) groups is 1. The van der Waals surface area contributed by atoms with Crippen molar-refractivity contribution < 1.29 is 9.90 Å². The van der Waals surface area contributed by atoms with Crippen LogP contribution in [0.5, 0.6) is 0 Å². The van der Waals surface area contributed by atoms with Crippen LogP contribution in [0.4, 0.5) is 0 Å². The summed E-state index contributed by atoms with van der Waals surface area (Å²) in [5.74, 6) is 0.363. The van der Waals surface area contributed by atoms with Gasteiger partial charge in [-0.05, 0) is 12.8 Å². The highest BCUT2D eigenvalue weighted by Crippen LogP contribution is 2.39. The van der Waals surface area contributed by atoms with Crippen LogP contribution < -0.4 is 0 Å². The van der Waals surface area contributed by atoms with E-state index in [1.807, 2.05) is 13.8 Å². The zero-order valence-electron chi connectivity index (χ0n) is 11.1. The largest absolute Gasteiger partial charge is 0.396 e. The minimum absolute atomic E-state index is 0.109. The number of carbonyl (C=O) groups excluding carboxylic acids is 1. The lowest BCUT2D eigenvalue weighted by Gasteiger charge is -2.28. The van der Waals surface area contributed by atoms with E-state index in [1.54, 1.807) is 0 Å². The standard InChI is InChI=1S/C14H25NO2/c1-14(2)11(10-16)9-15(13(14)17)12-7-5-3-4-6-8-12/h11-12,16H,3-10H2,1-2H3/t11-/m0/s1. The number of rotatable bonds is 2. The molecule has 2 fully saturated rings. The van der Waals surface area contributed by atoms with Crippen molar-refractivity contribution in [1.29, 1.82) is 0 Å². The molecular formula is C14H25NO2. The Balaban J connectivity index is 2.09.